The number of hydrogen-bond acceptors (Lipinski definition) is 3. The first kappa shape index (κ1) is 13.9. The highest BCUT2D eigenvalue weighted by atomic mass is 79.9. The van der Waals surface area contributed by atoms with E-state index in [1.54, 1.807) is 0 Å². The summed E-state index contributed by atoms with van der Waals surface area (Å²) < 4.78 is 39.4. The van der Waals surface area contributed by atoms with E-state index in [2.05, 4.69) is 20.9 Å². The molecule has 2 rings (SSSR count). The summed E-state index contributed by atoms with van der Waals surface area (Å²) in [6, 6.07) is 2.49. The topological polar surface area (TPSA) is 50.3 Å². The molecule has 0 aromatic carbocycles. The molecule has 2 atom stereocenters. The van der Waals surface area contributed by atoms with Gasteiger partial charge in [0, 0.05) is 24.1 Å². The van der Waals surface area contributed by atoms with Gasteiger partial charge in [-0.05, 0) is 24.5 Å². The van der Waals surface area contributed by atoms with E-state index in [0.717, 1.165) is 12.5 Å². The number of rotatable bonds is 2. The van der Waals surface area contributed by atoms with Crippen molar-refractivity contribution in [3.63, 3.8) is 0 Å². The van der Waals surface area contributed by atoms with E-state index in [1.165, 1.54) is 16.6 Å². The first-order valence-electron chi connectivity index (χ1n) is 5.67. The third kappa shape index (κ3) is 2.57. The Labute approximate surface area is 114 Å². The summed E-state index contributed by atoms with van der Waals surface area (Å²) in [5.74, 6) is -0.605. The molecular weight excluding hydrogens is 323 g/mol. The smallest absolute Gasteiger partial charge is 0.241 e. The summed E-state index contributed by atoms with van der Waals surface area (Å²) in [6.45, 7) is 2.74. The summed E-state index contributed by atoms with van der Waals surface area (Å²) in [7, 11) is -3.82. The van der Waals surface area contributed by atoms with E-state index in [-0.39, 0.29) is 5.92 Å². The first-order valence-corrected chi connectivity index (χ1v) is 8.03. The fraction of sp³-hybridized carbons (Fsp3) is 0.545. The predicted octanol–water partition coefficient (Wildman–Crippen LogP) is 2.01. The van der Waals surface area contributed by atoms with Crippen LogP contribution in [0, 0.1) is 11.7 Å². The second kappa shape index (κ2) is 5.22. The lowest BCUT2D eigenvalue weighted by atomic mass is 10.0. The highest BCUT2D eigenvalue weighted by molar-refractivity contribution is 9.09. The molecule has 100 valence electrons. The number of pyridine rings is 1. The number of hydrogen-bond donors (Lipinski definition) is 0. The minimum absolute atomic E-state index is 0.195. The Hall–Kier alpha value is -0.530. The standard InChI is InChI=1S/C11H14BrFN2O2S/c1-8-7-15(6-4-9(8)12)18(16,17)11-10(13)3-2-5-14-11/h2-3,5,8-9H,4,6-7H2,1H3. The molecule has 0 amide bonds. The SMILES string of the molecule is CC1CN(S(=O)(=O)c2ncccc2F)CCC1Br. The van der Waals surface area contributed by atoms with Crippen LogP contribution in [0.1, 0.15) is 13.3 Å². The normalized spacial score (nSPS) is 26.2. The number of sulfonamides is 1. The van der Waals surface area contributed by atoms with Gasteiger partial charge in [-0.2, -0.15) is 4.31 Å². The molecule has 0 saturated carbocycles. The molecule has 0 bridgehead atoms. The van der Waals surface area contributed by atoms with Crippen LogP contribution < -0.4 is 0 Å². The van der Waals surface area contributed by atoms with Gasteiger partial charge in [-0.1, -0.05) is 22.9 Å². The van der Waals surface area contributed by atoms with Crippen molar-refractivity contribution in [1.82, 2.24) is 9.29 Å². The molecule has 1 aromatic rings. The lowest BCUT2D eigenvalue weighted by molar-refractivity contribution is 0.290. The third-order valence-corrected chi connectivity index (χ3v) is 6.23. The maximum absolute atomic E-state index is 13.5. The molecular formula is C11H14BrFN2O2S. The largest absolute Gasteiger partial charge is 0.263 e. The van der Waals surface area contributed by atoms with Crippen LogP contribution in [0.3, 0.4) is 0 Å². The zero-order valence-corrected chi connectivity index (χ0v) is 12.3. The van der Waals surface area contributed by atoms with E-state index in [0.29, 0.717) is 17.9 Å². The van der Waals surface area contributed by atoms with Gasteiger partial charge in [-0.25, -0.2) is 17.8 Å². The molecule has 18 heavy (non-hydrogen) atoms. The maximum Gasteiger partial charge on any atom is 0.263 e. The quantitative estimate of drug-likeness (QED) is 0.776. The number of nitrogens with zero attached hydrogens (tertiary/aromatic N) is 2. The Kier molecular flexibility index (Phi) is 4.03. The number of piperidine rings is 1. The summed E-state index contributed by atoms with van der Waals surface area (Å²) >= 11 is 3.51. The second-order valence-electron chi connectivity index (χ2n) is 4.44. The lowest BCUT2D eigenvalue weighted by Crippen LogP contribution is -2.43. The number of alkyl halides is 1. The van der Waals surface area contributed by atoms with Crippen LogP contribution >= 0.6 is 15.9 Å². The van der Waals surface area contributed by atoms with Gasteiger partial charge in [0.05, 0.1) is 0 Å². The zero-order chi connectivity index (χ0) is 13.3. The number of aromatic nitrogens is 1. The molecule has 1 aliphatic heterocycles. The molecule has 1 aromatic heterocycles. The van der Waals surface area contributed by atoms with Crippen LogP contribution in [0.5, 0.6) is 0 Å². The van der Waals surface area contributed by atoms with Crippen molar-refractivity contribution < 1.29 is 12.8 Å². The lowest BCUT2D eigenvalue weighted by Gasteiger charge is -2.33. The third-order valence-electron chi connectivity index (χ3n) is 3.07. The van der Waals surface area contributed by atoms with Crippen LogP contribution in [0.15, 0.2) is 23.4 Å². The van der Waals surface area contributed by atoms with Gasteiger partial charge in [0.15, 0.2) is 5.82 Å². The molecule has 0 radical (unpaired) electrons. The Bertz CT molecular complexity index is 538. The van der Waals surface area contributed by atoms with Crippen molar-refractivity contribution in [1.29, 1.82) is 0 Å². The van der Waals surface area contributed by atoms with E-state index in [4.69, 9.17) is 0 Å². The second-order valence-corrected chi connectivity index (χ2v) is 7.46. The molecule has 0 N–H and O–H groups in total. The first-order chi connectivity index (χ1) is 8.43. The van der Waals surface area contributed by atoms with Gasteiger partial charge >= 0.3 is 0 Å². The average Bonchev–Trinajstić information content (AvgIpc) is 2.33. The van der Waals surface area contributed by atoms with Crippen LogP contribution in [-0.2, 0) is 10.0 Å². The molecule has 1 aliphatic rings. The highest BCUT2D eigenvalue weighted by Gasteiger charge is 2.34. The Balaban J connectivity index is 2.30. The van der Waals surface area contributed by atoms with Gasteiger partial charge in [0.2, 0.25) is 5.03 Å². The molecule has 4 nitrogen and oxygen atoms in total. The average molecular weight is 337 g/mol. The fourth-order valence-electron chi connectivity index (χ4n) is 1.98. The molecule has 7 heteroatoms. The summed E-state index contributed by atoms with van der Waals surface area (Å²) in [5, 5.41) is -0.481. The summed E-state index contributed by atoms with van der Waals surface area (Å²) in [6.07, 6.45) is 2.01. The molecule has 1 saturated heterocycles. The van der Waals surface area contributed by atoms with Gasteiger partial charge in [0.1, 0.15) is 0 Å². The van der Waals surface area contributed by atoms with Crippen molar-refractivity contribution in [2.24, 2.45) is 5.92 Å². The van der Waals surface area contributed by atoms with E-state index in [9.17, 15) is 12.8 Å². The summed E-state index contributed by atoms with van der Waals surface area (Å²) in [5.41, 5.74) is 0. The van der Waals surface area contributed by atoms with Gasteiger partial charge in [0.25, 0.3) is 10.0 Å². The highest BCUT2D eigenvalue weighted by Crippen LogP contribution is 2.27. The molecule has 0 aliphatic carbocycles. The minimum Gasteiger partial charge on any atom is -0.241 e. The number of halogens is 2. The van der Waals surface area contributed by atoms with E-state index in [1.807, 2.05) is 6.92 Å². The monoisotopic (exact) mass is 336 g/mol. The fourth-order valence-corrected chi connectivity index (χ4v) is 3.88. The van der Waals surface area contributed by atoms with Crippen molar-refractivity contribution in [3.8, 4) is 0 Å². The molecule has 2 heterocycles. The maximum atomic E-state index is 13.5. The van der Waals surface area contributed by atoms with Gasteiger partial charge in [-0.3, -0.25) is 0 Å². The van der Waals surface area contributed by atoms with E-state index >= 15 is 0 Å². The zero-order valence-electron chi connectivity index (χ0n) is 9.88. The van der Waals surface area contributed by atoms with Crippen LogP contribution in [0.4, 0.5) is 4.39 Å². The van der Waals surface area contributed by atoms with Crippen LogP contribution in [-0.4, -0.2) is 35.6 Å². The van der Waals surface area contributed by atoms with Crippen molar-refractivity contribution in [2.45, 2.75) is 23.2 Å². The Morgan fingerprint density at radius 2 is 2.28 bits per heavy atom. The van der Waals surface area contributed by atoms with Crippen LogP contribution in [0.25, 0.3) is 0 Å². The van der Waals surface area contributed by atoms with Crippen molar-refractivity contribution in [3.05, 3.63) is 24.1 Å². The molecule has 1 fully saturated rings. The van der Waals surface area contributed by atoms with E-state index < -0.39 is 20.9 Å². The Morgan fingerprint density at radius 3 is 2.89 bits per heavy atom. The minimum atomic E-state index is -3.82. The Morgan fingerprint density at radius 1 is 1.56 bits per heavy atom. The van der Waals surface area contributed by atoms with Crippen molar-refractivity contribution >= 4 is 26.0 Å². The van der Waals surface area contributed by atoms with Crippen molar-refractivity contribution in [2.75, 3.05) is 13.1 Å². The predicted molar refractivity (Wildman–Crippen MR) is 69.4 cm³/mol. The van der Waals surface area contributed by atoms with Gasteiger partial charge < -0.3 is 0 Å². The summed E-state index contributed by atoms with van der Waals surface area (Å²) in [4.78, 5) is 3.96. The molecule has 2 unspecified atom stereocenters. The molecule has 0 spiro atoms. The van der Waals surface area contributed by atoms with Crippen LogP contribution in [0.2, 0.25) is 0 Å². The van der Waals surface area contributed by atoms with Gasteiger partial charge in [-0.15, -0.1) is 0 Å².